The molecule has 0 amide bonds. The summed E-state index contributed by atoms with van der Waals surface area (Å²) < 4.78 is 23.0. The molecule has 0 aliphatic carbocycles. The smallest absolute Gasteiger partial charge is 0.238 e. The molecule has 0 unspecified atom stereocenters. The number of primary sulfonamides is 1. The molecule has 0 atom stereocenters. The molecule has 6 nitrogen and oxygen atoms in total. The van der Waals surface area contributed by atoms with Gasteiger partial charge in [0.05, 0.1) is 11.4 Å². The SMILES string of the molecule is CCNC(=NCc1cccc(S(N)(=O)=O)c1)NCc1ccc(C)cc1SC. The molecule has 27 heavy (non-hydrogen) atoms. The Morgan fingerprint density at radius 1 is 1.19 bits per heavy atom. The lowest BCUT2D eigenvalue weighted by atomic mass is 10.1. The standard InChI is InChI=1S/C19H26N4O2S2/c1-4-21-19(23-13-16-9-8-14(2)10-18(16)26-3)22-12-15-6-5-7-17(11-15)27(20,24)25/h5-11H,4,12-13H2,1-3H3,(H2,20,24,25)(H2,21,22,23). The van der Waals surface area contributed by atoms with Crippen molar-refractivity contribution in [2.75, 3.05) is 12.8 Å². The Balaban J connectivity index is 2.11. The van der Waals surface area contributed by atoms with Gasteiger partial charge in [0.1, 0.15) is 0 Å². The molecule has 0 heterocycles. The van der Waals surface area contributed by atoms with Gasteiger partial charge in [0.25, 0.3) is 0 Å². The third-order valence-corrected chi connectivity index (χ3v) is 5.61. The highest BCUT2D eigenvalue weighted by atomic mass is 32.2. The van der Waals surface area contributed by atoms with Crippen molar-refractivity contribution >= 4 is 27.7 Å². The van der Waals surface area contributed by atoms with E-state index in [2.05, 4.69) is 47.0 Å². The van der Waals surface area contributed by atoms with Crippen LogP contribution in [0.15, 0.2) is 57.2 Å². The van der Waals surface area contributed by atoms with E-state index in [9.17, 15) is 8.42 Å². The molecule has 0 spiro atoms. The van der Waals surface area contributed by atoms with Crippen LogP contribution in [0.2, 0.25) is 0 Å². The van der Waals surface area contributed by atoms with E-state index in [1.54, 1.807) is 23.9 Å². The van der Waals surface area contributed by atoms with Crippen LogP contribution in [-0.2, 0) is 23.1 Å². The number of aryl methyl sites for hydroxylation is 1. The van der Waals surface area contributed by atoms with Crippen LogP contribution >= 0.6 is 11.8 Å². The van der Waals surface area contributed by atoms with E-state index in [-0.39, 0.29) is 4.90 Å². The molecule has 8 heteroatoms. The van der Waals surface area contributed by atoms with Crippen molar-refractivity contribution in [1.29, 1.82) is 0 Å². The first-order valence-corrected chi connectivity index (χ1v) is 11.4. The molecule has 0 aliphatic rings. The van der Waals surface area contributed by atoms with Gasteiger partial charge in [0.15, 0.2) is 5.96 Å². The molecule has 0 saturated heterocycles. The van der Waals surface area contributed by atoms with Crippen molar-refractivity contribution in [3.63, 3.8) is 0 Å². The summed E-state index contributed by atoms with van der Waals surface area (Å²) in [6.07, 6.45) is 2.07. The number of nitrogens with zero attached hydrogens (tertiary/aromatic N) is 1. The Bertz CT molecular complexity index is 912. The molecule has 2 aromatic carbocycles. The Morgan fingerprint density at radius 3 is 2.63 bits per heavy atom. The Hall–Kier alpha value is -2.03. The minimum Gasteiger partial charge on any atom is -0.357 e. The summed E-state index contributed by atoms with van der Waals surface area (Å²) in [4.78, 5) is 5.88. The van der Waals surface area contributed by atoms with Crippen LogP contribution in [0.3, 0.4) is 0 Å². The van der Waals surface area contributed by atoms with Crippen LogP contribution < -0.4 is 15.8 Å². The molecule has 0 aromatic heterocycles. The lowest BCUT2D eigenvalue weighted by molar-refractivity contribution is 0.597. The van der Waals surface area contributed by atoms with Crippen LogP contribution in [0.5, 0.6) is 0 Å². The molecule has 0 radical (unpaired) electrons. The predicted molar refractivity (Wildman–Crippen MR) is 112 cm³/mol. The van der Waals surface area contributed by atoms with Crippen LogP contribution in [0, 0.1) is 6.92 Å². The summed E-state index contributed by atoms with van der Waals surface area (Å²) >= 11 is 1.72. The number of benzene rings is 2. The monoisotopic (exact) mass is 406 g/mol. The van der Waals surface area contributed by atoms with Gasteiger partial charge in [-0.25, -0.2) is 18.5 Å². The van der Waals surface area contributed by atoms with Gasteiger partial charge >= 0.3 is 0 Å². The van der Waals surface area contributed by atoms with Crippen LogP contribution in [0.4, 0.5) is 0 Å². The summed E-state index contributed by atoms with van der Waals surface area (Å²) in [5.41, 5.74) is 3.22. The maximum atomic E-state index is 11.5. The van der Waals surface area contributed by atoms with Crippen LogP contribution in [-0.4, -0.2) is 27.2 Å². The van der Waals surface area contributed by atoms with Gasteiger partial charge in [-0.1, -0.05) is 24.3 Å². The number of rotatable bonds is 7. The maximum Gasteiger partial charge on any atom is 0.238 e. The van der Waals surface area contributed by atoms with Gasteiger partial charge in [-0.3, -0.25) is 0 Å². The van der Waals surface area contributed by atoms with Crippen molar-refractivity contribution in [3.8, 4) is 0 Å². The molecule has 0 fully saturated rings. The highest BCUT2D eigenvalue weighted by Gasteiger charge is 2.08. The van der Waals surface area contributed by atoms with E-state index in [0.717, 1.165) is 12.1 Å². The van der Waals surface area contributed by atoms with Gasteiger partial charge in [-0.05, 0) is 55.0 Å². The number of thioether (sulfide) groups is 1. The number of guanidine groups is 1. The predicted octanol–water partition coefficient (Wildman–Crippen LogP) is 2.62. The highest BCUT2D eigenvalue weighted by Crippen LogP contribution is 2.21. The molecule has 2 aromatic rings. The number of aliphatic imine (C=N–C) groups is 1. The second kappa shape index (κ2) is 9.77. The zero-order valence-corrected chi connectivity index (χ0v) is 17.5. The molecule has 0 saturated carbocycles. The number of nitrogens with one attached hydrogen (secondary N) is 2. The molecule has 146 valence electrons. The zero-order valence-electron chi connectivity index (χ0n) is 15.8. The number of nitrogens with two attached hydrogens (primary N) is 1. The Labute approximate surface area is 165 Å². The van der Waals surface area contributed by atoms with E-state index >= 15 is 0 Å². The van der Waals surface area contributed by atoms with E-state index in [4.69, 9.17) is 5.14 Å². The van der Waals surface area contributed by atoms with Gasteiger partial charge in [0.2, 0.25) is 10.0 Å². The van der Waals surface area contributed by atoms with Crippen molar-refractivity contribution in [2.45, 2.75) is 36.7 Å². The van der Waals surface area contributed by atoms with E-state index in [1.165, 1.54) is 22.1 Å². The van der Waals surface area contributed by atoms with E-state index in [0.29, 0.717) is 19.0 Å². The summed E-state index contributed by atoms with van der Waals surface area (Å²) in [5, 5.41) is 11.7. The first kappa shape index (κ1) is 21.3. The largest absolute Gasteiger partial charge is 0.357 e. The third kappa shape index (κ3) is 6.57. The van der Waals surface area contributed by atoms with Gasteiger partial charge in [-0.2, -0.15) is 0 Å². The molecule has 2 rings (SSSR count). The van der Waals surface area contributed by atoms with Crippen molar-refractivity contribution in [1.82, 2.24) is 10.6 Å². The van der Waals surface area contributed by atoms with Crippen molar-refractivity contribution in [2.24, 2.45) is 10.1 Å². The fourth-order valence-electron chi connectivity index (χ4n) is 2.51. The third-order valence-electron chi connectivity index (χ3n) is 3.88. The second-order valence-corrected chi connectivity index (χ2v) is 8.47. The summed E-state index contributed by atoms with van der Waals surface area (Å²) in [7, 11) is -3.71. The highest BCUT2D eigenvalue weighted by molar-refractivity contribution is 7.98. The first-order valence-electron chi connectivity index (χ1n) is 8.61. The lowest BCUT2D eigenvalue weighted by Gasteiger charge is -2.14. The minimum absolute atomic E-state index is 0.0948. The lowest BCUT2D eigenvalue weighted by Crippen LogP contribution is -2.36. The average Bonchev–Trinajstić information content (AvgIpc) is 2.64. The van der Waals surface area contributed by atoms with Crippen LogP contribution in [0.1, 0.15) is 23.6 Å². The summed E-state index contributed by atoms with van der Waals surface area (Å²) in [5.74, 6) is 0.672. The van der Waals surface area contributed by atoms with Gasteiger partial charge in [-0.15, -0.1) is 11.8 Å². The van der Waals surface area contributed by atoms with Crippen LogP contribution in [0.25, 0.3) is 0 Å². The fourth-order valence-corrected chi connectivity index (χ4v) is 3.80. The van der Waals surface area contributed by atoms with Gasteiger partial charge < -0.3 is 10.6 Å². The van der Waals surface area contributed by atoms with Crippen molar-refractivity contribution in [3.05, 3.63) is 59.2 Å². The maximum absolute atomic E-state index is 11.5. The van der Waals surface area contributed by atoms with Crippen molar-refractivity contribution < 1.29 is 8.42 Å². The zero-order chi connectivity index (χ0) is 19.9. The number of sulfonamides is 1. The fraction of sp³-hybridized carbons (Fsp3) is 0.316. The number of hydrogen-bond acceptors (Lipinski definition) is 4. The summed E-state index contributed by atoms with van der Waals surface area (Å²) in [6, 6.07) is 12.9. The molecule has 4 N–H and O–H groups in total. The molecule has 0 aliphatic heterocycles. The molecular formula is C19H26N4O2S2. The minimum atomic E-state index is -3.71. The topological polar surface area (TPSA) is 96.6 Å². The first-order chi connectivity index (χ1) is 12.8. The normalized spacial score (nSPS) is 12.1. The number of hydrogen-bond donors (Lipinski definition) is 3. The van der Waals surface area contributed by atoms with E-state index < -0.39 is 10.0 Å². The molecular weight excluding hydrogens is 380 g/mol. The second-order valence-electron chi connectivity index (χ2n) is 6.06. The Kier molecular flexibility index (Phi) is 7.70. The van der Waals surface area contributed by atoms with E-state index in [1.807, 2.05) is 13.0 Å². The molecule has 0 bridgehead atoms. The Morgan fingerprint density at radius 2 is 1.96 bits per heavy atom. The quantitative estimate of drug-likeness (QED) is 0.373. The average molecular weight is 407 g/mol. The summed E-state index contributed by atoms with van der Waals surface area (Å²) in [6.45, 7) is 5.81. The van der Waals surface area contributed by atoms with Gasteiger partial charge in [0, 0.05) is 18.0 Å².